The number of nitrogens with two attached hydrogens (primary N) is 1. The molecule has 1 fully saturated rings. The van der Waals surface area contributed by atoms with Crippen LogP contribution in [0.3, 0.4) is 0 Å². The summed E-state index contributed by atoms with van der Waals surface area (Å²) in [7, 11) is 1.40. The monoisotopic (exact) mass is 559 g/mol. The quantitative estimate of drug-likeness (QED) is 0.460. The lowest BCUT2D eigenvalue weighted by atomic mass is 10.1. The van der Waals surface area contributed by atoms with E-state index in [0.717, 1.165) is 4.90 Å². The van der Waals surface area contributed by atoms with Crippen molar-refractivity contribution in [3.63, 3.8) is 0 Å². The van der Waals surface area contributed by atoms with Gasteiger partial charge in [0.2, 0.25) is 0 Å². The Balaban J connectivity index is 0.000000650. The van der Waals surface area contributed by atoms with Gasteiger partial charge >= 0.3 is 5.97 Å². The van der Waals surface area contributed by atoms with Crippen LogP contribution >= 0.6 is 50.7 Å². The molecule has 0 radical (unpaired) electrons. The van der Waals surface area contributed by atoms with E-state index in [2.05, 4.69) is 26.0 Å². The van der Waals surface area contributed by atoms with Gasteiger partial charge in [0.25, 0.3) is 5.91 Å². The fourth-order valence-corrected chi connectivity index (χ4v) is 3.84. The first-order valence-corrected chi connectivity index (χ1v) is 11.1. The van der Waals surface area contributed by atoms with E-state index in [9.17, 15) is 14.7 Å². The Morgan fingerprint density at radius 2 is 1.88 bits per heavy atom. The van der Waals surface area contributed by atoms with Crippen LogP contribution in [0, 0.1) is 0 Å². The number of amides is 1. The Morgan fingerprint density at radius 1 is 1.22 bits per heavy atom. The topological polar surface area (TPSA) is 114 Å². The second-order valence-corrected chi connectivity index (χ2v) is 8.93. The maximum atomic E-state index is 13.2. The predicted molar refractivity (Wildman–Crippen MR) is 127 cm³/mol. The molecule has 0 bridgehead atoms. The predicted octanol–water partition coefficient (Wildman–Crippen LogP) is 5.07. The number of benzene rings is 1. The van der Waals surface area contributed by atoms with Gasteiger partial charge < -0.3 is 15.7 Å². The van der Waals surface area contributed by atoms with Crippen molar-refractivity contribution in [2.75, 3.05) is 11.9 Å². The molecular formula is C20H17BrCl3N5O3. The highest BCUT2D eigenvalue weighted by Gasteiger charge is 2.27. The molecule has 1 aromatic carbocycles. The van der Waals surface area contributed by atoms with Crippen molar-refractivity contribution in [1.82, 2.24) is 14.8 Å². The van der Waals surface area contributed by atoms with E-state index >= 15 is 0 Å². The van der Waals surface area contributed by atoms with Gasteiger partial charge in [-0.05, 0) is 53.0 Å². The molecule has 1 amide bonds. The third-order valence-electron chi connectivity index (χ3n) is 4.36. The number of aromatic nitrogens is 3. The van der Waals surface area contributed by atoms with Crippen LogP contribution in [-0.2, 0) is 0 Å². The molecule has 2 heterocycles. The first-order chi connectivity index (χ1) is 15.1. The lowest BCUT2D eigenvalue weighted by Crippen LogP contribution is -2.30. The maximum Gasteiger partial charge on any atom is 0.337 e. The largest absolute Gasteiger partial charge is 0.478 e. The summed E-state index contributed by atoms with van der Waals surface area (Å²) < 4.78 is 1.63. The smallest absolute Gasteiger partial charge is 0.337 e. The molecule has 3 aromatic rings. The Labute approximate surface area is 207 Å². The Morgan fingerprint density at radius 3 is 2.44 bits per heavy atom. The van der Waals surface area contributed by atoms with Crippen LogP contribution in [0.1, 0.15) is 33.7 Å². The molecular weight excluding hydrogens is 545 g/mol. The van der Waals surface area contributed by atoms with Crippen molar-refractivity contribution < 1.29 is 14.7 Å². The van der Waals surface area contributed by atoms with Gasteiger partial charge in [0, 0.05) is 30.4 Å². The van der Waals surface area contributed by atoms with E-state index in [4.69, 9.17) is 40.5 Å². The Bertz CT molecular complexity index is 1180. The lowest BCUT2D eigenvalue weighted by molar-refractivity contribution is 0.0697. The van der Waals surface area contributed by atoms with Crippen molar-refractivity contribution in [3.05, 3.63) is 67.5 Å². The molecule has 1 aliphatic rings. The van der Waals surface area contributed by atoms with E-state index in [-0.39, 0.29) is 37.8 Å². The number of hydrogen-bond acceptors (Lipinski definition) is 5. The summed E-state index contributed by atoms with van der Waals surface area (Å²) in [4.78, 5) is 30.0. The van der Waals surface area contributed by atoms with Crippen LogP contribution in [0.4, 0.5) is 5.69 Å². The first-order valence-electron chi connectivity index (χ1n) is 9.22. The van der Waals surface area contributed by atoms with Crippen molar-refractivity contribution in [2.45, 2.75) is 18.9 Å². The zero-order valence-corrected chi connectivity index (χ0v) is 20.5. The number of hydrogen-bond donors (Lipinski definition) is 2. The number of carbonyl (C=O) groups is 2. The third-order valence-corrected chi connectivity index (χ3v) is 5.55. The number of carbonyl (C=O) groups excluding carboxylic acids is 1. The van der Waals surface area contributed by atoms with Crippen LogP contribution in [-0.4, -0.2) is 44.8 Å². The van der Waals surface area contributed by atoms with Crippen molar-refractivity contribution in [2.24, 2.45) is 5.73 Å². The van der Waals surface area contributed by atoms with Crippen LogP contribution < -0.4 is 10.6 Å². The number of nitrogens with zero attached hydrogens (tertiary/aromatic N) is 4. The summed E-state index contributed by atoms with van der Waals surface area (Å²) in [6.07, 6.45) is 4.04. The highest BCUT2D eigenvalue weighted by Crippen LogP contribution is 2.34. The zero-order valence-electron chi connectivity index (χ0n) is 16.6. The van der Waals surface area contributed by atoms with Gasteiger partial charge in [-0.15, -0.1) is 0 Å². The second-order valence-electron chi connectivity index (χ2n) is 6.86. The van der Waals surface area contributed by atoms with E-state index in [1.165, 1.54) is 49.0 Å². The van der Waals surface area contributed by atoms with E-state index < -0.39 is 11.9 Å². The summed E-state index contributed by atoms with van der Waals surface area (Å²) in [5, 5.41) is 14.1. The average Bonchev–Trinajstić information content (AvgIpc) is 3.42. The number of halogens is 4. The molecule has 4 rings (SSSR count). The summed E-state index contributed by atoms with van der Waals surface area (Å²) in [5.74, 6) is -1.61. The minimum Gasteiger partial charge on any atom is -0.478 e. The van der Waals surface area contributed by atoms with E-state index in [1.54, 1.807) is 12.1 Å². The highest BCUT2D eigenvalue weighted by atomic mass is 79.9. The fourth-order valence-electron chi connectivity index (χ4n) is 2.64. The summed E-state index contributed by atoms with van der Waals surface area (Å²) in [5.41, 5.74) is 5.10. The second kappa shape index (κ2) is 10.2. The molecule has 0 spiro atoms. The summed E-state index contributed by atoms with van der Waals surface area (Å²) in [6.45, 7) is 0. The van der Waals surface area contributed by atoms with Gasteiger partial charge in [-0.1, -0.05) is 34.8 Å². The molecule has 32 heavy (non-hydrogen) atoms. The van der Waals surface area contributed by atoms with Crippen LogP contribution in [0.5, 0.6) is 0 Å². The molecule has 0 atom stereocenters. The average molecular weight is 562 g/mol. The number of anilines is 1. The molecule has 1 saturated carbocycles. The minimum absolute atomic E-state index is 0.000410. The van der Waals surface area contributed by atoms with Crippen molar-refractivity contribution >= 4 is 68.3 Å². The van der Waals surface area contributed by atoms with Gasteiger partial charge in [0.1, 0.15) is 10.3 Å². The Kier molecular flexibility index (Phi) is 7.79. The molecule has 2 aromatic heterocycles. The lowest BCUT2D eigenvalue weighted by Gasteiger charge is -2.21. The van der Waals surface area contributed by atoms with Gasteiger partial charge in [-0.3, -0.25) is 4.79 Å². The number of aromatic carboxylic acids is 1. The number of carboxylic acids is 1. The van der Waals surface area contributed by atoms with Crippen molar-refractivity contribution in [3.8, 4) is 5.82 Å². The van der Waals surface area contributed by atoms with Crippen LogP contribution in [0.15, 0.2) is 41.1 Å². The van der Waals surface area contributed by atoms with E-state index in [0.29, 0.717) is 10.6 Å². The number of rotatable bonds is 4. The number of carboxylic acid groups (broad SMARTS) is 1. The highest BCUT2D eigenvalue weighted by molar-refractivity contribution is 9.10. The molecule has 168 valence electrons. The molecule has 3 N–H and O–H groups in total. The normalized spacial score (nSPS) is 12.7. The molecule has 12 heteroatoms. The fraction of sp³-hybridized carbons (Fsp3) is 0.200. The zero-order chi connectivity index (χ0) is 23.6. The third kappa shape index (κ3) is 5.60. The Hall–Kier alpha value is -2.17. The van der Waals surface area contributed by atoms with Crippen LogP contribution in [0.2, 0.25) is 15.1 Å². The molecule has 1 aliphatic carbocycles. The number of pyridine rings is 1. The molecule has 0 aliphatic heterocycles. The summed E-state index contributed by atoms with van der Waals surface area (Å²) >= 11 is 21.5. The van der Waals surface area contributed by atoms with Gasteiger partial charge in [-0.25, -0.2) is 14.5 Å². The van der Waals surface area contributed by atoms with Gasteiger partial charge in [-0.2, -0.15) is 5.10 Å². The maximum absolute atomic E-state index is 13.2. The van der Waals surface area contributed by atoms with Gasteiger partial charge in [0.05, 0.1) is 21.3 Å². The van der Waals surface area contributed by atoms with Crippen molar-refractivity contribution in [1.29, 1.82) is 0 Å². The van der Waals surface area contributed by atoms with Crippen LogP contribution in [0.25, 0.3) is 5.82 Å². The van der Waals surface area contributed by atoms with Gasteiger partial charge in [0.15, 0.2) is 5.82 Å². The summed E-state index contributed by atoms with van der Waals surface area (Å²) in [6, 6.07) is 7.88. The standard InChI is InChI=1S/C17H10BrCl3N4O3.C3H7N/c1-24(14-9(17(27)28)5-8(19)6-11(14)21)16(26)12-7-13(18)23-25(12)15-10(20)3-2-4-22-15;4-3-1-2-3/h2-7H,1H3,(H,27,28);3H,1-2,4H2. The molecule has 8 nitrogen and oxygen atoms in total. The SMILES string of the molecule is CN(C(=O)c1cc(Br)nn1-c1ncccc1Cl)c1c(Cl)cc(Cl)cc1C(=O)O.NC1CC1. The molecule has 0 saturated heterocycles. The minimum atomic E-state index is -1.28. The molecule has 0 unspecified atom stereocenters. The van der Waals surface area contributed by atoms with E-state index in [1.807, 2.05) is 0 Å². The first kappa shape index (κ1) is 24.5.